The Morgan fingerprint density at radius 1 is 1.04 bits per heavy atom. The van der Waals surface area contributed by atoms with Crippen LogP contribution in [0.3, 0.4) is 0 Å². The Bertz CT molecular complexity index is 846. The Labute approximate surface area is 170 Å². The van der Waals surface area contributed by atoms with Gasteiger partial charge in [-0.25, -0.2) is 0 Å². The van der Waals surface area contributed by atoms with E-state index in [1.165, 1.54) is 6.08 Å². The highest BCUT2D eigenvalue weighted by atomic mass is 35.5. The molecule has 2 aromatic carbocycles. The van der Waals surface area contributed by atoms with Crippen molar-refractivity contribution >= 4 is 35.2 Å². The molecule has 1 aliphatic heterocycles. The van der Waals surface area contributed by atoms with Gasteiger partial charge in [-0.1, -0.05) is 48.0 Å². The van der Waals surface area contributed by atoms with E-state index in [1.54, 1.807) is 17.9 Å². The Morgan fingerprint density at radius 3 is 2.43 bits per heavy atom. The number of benzene rings is 2. The third-order valence-electron chi connectivity index (χ3n) is 4.72. The number of anilines is 1. The van der Waals surface area contributed by atoms with Crippen LogP contribution in [-0.2, 0) is 9.59 Å². The fourth-order valence-electron chi connectivity index (χ4n) is 3.19. The predicted octanol–water partition coefficient (Wildman–Crippen LogP) is 3.21. The number of carbonyl (C=O) groups is 2. The van der Waals surface area contributed by atoms with Crippen LogP contribution in [0.1, 0.15) is 12.5 Å². The maximum Gasteiger partial charge on any atom is 0.244 e. The van der Waals surface area contributed by atoms with Crippen molar-refractivity contribution in [3.05, 3.63) is 71.3 Å². The number of halogens is 1. The van der Waals surface area contributed by atoms with Gasteiger partial charge in [0, 0.05) is 43.0 Å². The third-order valence-corrected chi connectivity index (χ3v) is 4.96. The van der Waals surface area contributed by atoms with Crippen LogP contribution >= 0.6 is 11.6 Å². The fraction of sp³-hybridized carbons (Fsp3) is 0.273. The highest BCUT2D eigenvalue weighted by molar-refractivity contribution is 6.30. The number of hydrogen-bond acceptors (Lipinski definition) is 3. The first kappa shape index (κ1) is 20.0. The van der Waals surface area contributed by atoms with Gasteiger partial charge in [-0.3, -0.25) is 9.59 Å². The summed E-state index contributed by atoms with van der Waals surface area (Å²) in [6, 6.07) is 16.7. The highest BCUT2D eigenvalue weighted by Crippen LogP contribution is 2.20. The summed E-state index contributed by atoms with van der Waals surface area (Å²) in [5, 5.41) is 3.45. The van der Waals surface area contributed by atoms with Gasteiger partial charge in [0.15, 0.2) is 0 Å². The molecule has 0 aromatic heterocycles. The van der Waals surface area contributed by atoms with E-state index < -0.39 is 6.04 Å². The second-order valence-corrected chi connectivity index (χ2v) is 7.20. The molecule has 0 bridgehead atoms. The summed E-state index contributed by atoms with van der Waals surface area (Å²) in [6.45, 7) is 4.43. The number of piperazine rings is 1. The molecule has 0 aliphatic carbocycles. The standard InChI is InChI=1S/C22H24ClN3O2/c1-17(24-21(27)11-10-18-6-3-2-4-7-18)22(28)26-14-12-25(13-15-26)20-9-5-8-19(23)16-20/h2-11,16-17H,12-15H2,1H3,(H,24,27)/b11-10+. The first-order valence-corrected chi connectivity index (χ1v) is 9.73. The number of rotatable bonds is 5. The van der Waals surface area contributed by atoms with Gasteiger partial charge in [0.05, 0.1) is 0 Å². The summed E-state index contributed by atoms with van der Waals surface area (Å²) in [5.74, 6) is -0.338. The van der Waals surface area contributed by atoms with Gasteiger partial charge in [0.1, 0.15) is 6.04 Å². The summed E-state index contributed by atoms with van der Waals surface area (Å²) in [5.41, 5.74) is 2.00. The largest absolute Gasteiger partial charge is 0.368 e. The number of amides is 2. The lowest BCUT2D eigenvalue weighted by Crippen LogP contribution is -2.54. The predicted molar refractivity (Wildman–Crippen MR) is 113 cm³/mol. The zero-order valence-electron chi connectivity index (χ0n) is 15.8. The second-order valence-electron chi connectivity index (χ2n) is 6.77. The molecule has 1 unspecified atom stereocenters. The van der Waals surface area contributed by atoms with E-state index >= 15 is 0 Å². The van der Waals surface area contributed by atoms with Crippen LogP contribution in [0.2, 0.25) is 5.02 Å². The van der Waals surface area contributed by atoms with Crippen molar-refractivity contribution in [2.45, 2.75) is 13.0 Å². The Morgan fingerprint density at radius 2 is 1.75 bits per heavy atom. The molecule has 1 fully saturated rings. The summed E-state index contributed by atoms with van der Waals surface area (Å²) < 4.78 is 0. The molecule has 2 amide bonds. The molecule has 0 spiro atoms. The van der Waals surface area contributed by atoms with Gasteiger partial charge in [-0.2, -0.15) is 0 Å². The lowest BCUT2D eigenvalue weighted by atomic mass is 10.2. The average molecular weight is 398 g/mol. The topological polar surface area (TPSA) is 52.7 Å². The first-order chi connectivity index (χ1) is 13.5. The Kier molecular flexibility index (Phi) is 6.71. The van der Waals surface area contributed by atoms with Crippen molar-refractivity contribution in [3.8, 4) is 0 Å². The molecular formula is C22H24ClN3O2. The Hall–Kier alpha value is -2.79. The number of nitrogens with one attached hydrogen (secondary N) is 1. The molecule has 1 saturated heterocycles. The molecule has 1 atom stereocenters. The van der Waals surface area contributed by atoms with Gasteiger partial charge < -0.3 is 15.1 Å². The van der Waals surface area contributed by atoms with Gasteiger partial charge in [-0.05, 0) is 36.8 Å². The van der Waals surface area contributed by atoms with Crippen LogP contribution in [0.15, 0.2) is 60.7 Å². The van der Waals surface area contributed by atoms with E-state index in [0.717, 1.165) is 24.3 Å². The lowest BCUT2D eigenvalue weighted by molar-refractivity contribution is -0.135. The van der Waals surface area contributed by atoms with Gasteiger partial charge >= 0.3 is 0 Å². The van der Waals surface area contributed by atoms with Gasteiger partial charge in [-0.15, -0.1) is 0 Å². The molecule has 28 heavy (non-hydrogen) atoms. The van der Waals surface area contributed by atoms with Crippen molar-refractivity contribution < 1.29 is 9.59 Å². The monoisotopic (exact) mass is 397 g/mol. The molecule has 1 heterocycles. The molecule has 3 rings (SSSR count). The summed E-state index contributed by atoms with van der Waals surface area (Å²) in [7, 11) is 0. The van der Waals surface area contributed by atoms with Crippen LogP contribution in [0, 0.1) is 0 Å². The van der Waals surface area contributed by atoms with Crippen molar-refractivity contribution in [2.75, 3.05) is 31.1 Å². The van der Waals surface area contributed by atoms with Crippen LogP contribution < -0.4 is 10.2 Å². The number of hydrogen-bond donors (Lipinski definition) is 1. The minimum absolute atomic E-state index is 0.0628. The summed E-state index contributed by atoms with van der Waals surface area (Å²) in [4.78, 5) is 28.8. The smallest absolute Gasteiger partial charge is 0.244 e. The van der Waals surface area contributed by atoms with Gasteiger partial charge in [0.25, 0.3) is 0 Å². The summed E-state index contributed by atoms with van der Waals surface area (Å²) in [6.07, 6.45) is 3.19. The molecule has 1 aliphatic rings. The molecule has 5 nitrogen and oxygen atoms in total. The molecule has 0 saturated carbocycles. The summed E-state index contributed by atoms with van der Waals surface area (Å²) >= 11 is 6.06. The fourth-order valence-corrected chi connectivity index (χ4v) is 3.38. The van der Waals surface area contributed by atoms with E-state index in [1.807, 2.05) is 54.6 Å². The Balaban J connectivity index is 1.49. The molecule has 6 heteroatoms. The molecule has 146 valence electrons. The number of nitrogens with zero attached hydrogens (tertiary/aromatic N) is 2. The minimum atomic E-state index is -0.564. The zero-order valence-corrected chi connectivity index (χ0v) is 16.6. The van der Waals surface area contributed by atoms with Crippen LogP contribution in [0.4, 0.5) is 5.69 Å². The molecule has 1 N–H and O–H groups in total. The maximum absolute atomic E-state index is 12.7. The number of carbonyl (C=O) groups excluding carboxylic acids is 2. The van der Waals surface area contributed by atoms with Gasteiger partial charge in [0.2, 0.25) is 11.8 Å². The molecule has 2 aromatic rings. The first-order valence-electron chi connectivity index (χ1n) is 9.36. The van der Waals surface area contributed by atoms with Crippen molar-refractivity contribution in [2.24, 2.45) is 0 Å². The van der Waals surface area contributed by atoms with E-state index in [0.29, 0.717) is 18.1 Å². The van der Waals surface area contributed by atoms with E-state index in [4.69, 9.17) is 11.6 Å². The normalized spacial score (nSPS) is 15.5. The highest BCUT2D eigenvalue weighted by Gasteiger charge is 2.25. The molecule has 0 radical (unpaired) electrons. The third kappa shape index (κ3) is 5.36. The van der Waals surface area contributed by atoms with E-state index in [-0.39, 0.29) is 11.8 Å². The van der Waals surface area contributed by atoms with Crippen LogP contribution in [0.5, 0.6) is 0 Å². The maximum atomic E-state index is 12.7. The second kappa shape index (κ2) is 9.42. The van der Waals surface area contributed by atoms with Crippen LogP contribution in [0.25, 0.3) is 6.08 Å². The van der Waals surface area contributed by atoms with Crippen molar-refractivity contribution in [1.82, 2.24) is 10.2 Å². The quantitative estimate of drug-likeness (QED) is 0.788. The average Bonchev–Trinajstić information content (AvgIpc) is 2.72. The molecular weight excluding hydrogens is 374 g/mol. The SMILES string of the molecule is CC(NC(=O)/C=C/c1ccccc1)C(=O)N1CCN(c2cccc(Cl)c2)CC1. The minimum Gasteiger partial charge on any atom is -0.368 e. The van der Waals surface area contributed by atoms with E-state index in [2.05, 4.69) is 10.2 Å². The van der Waals surface area contributed by atoms with Crippen molar-refractivity contribution in [1.29, 1.82) is 0 Å². The van der Waals surface area contributed by atoms with Crippen LogP contribution in [-0.4, -0.2) is 48.9 Å². The van der Waals surface area contributed by atoms with E-state index in [9.17, 15) is 9.59 Å². The zero-order chi connectivity index (χ0) is 19.9. The van der Waals surface area contributed by atoms with Crippen molar-refractivity contribution in [3.63, 3.8) is 0 Å². The lowest BCUT2D eigenvalue weighted by Gasteiger charge is -2.37.